The Hall–Kier alpha value is -2.41. The fourth-order valence-corrected chi connectivity index (χ4v) is 6.67. The minimum atomic E-state index is -4.53. The lowest BCUT2D eigenvalue weighted by atomic mass is 10.1. The Bertz CT molecular complexity index is 1240. The van der Waals surface area contributed by atoms with Gasteiger partial charge in [-0.05, 0) is 81.4 Å². The molecule has 0 bridgehead atoms. The smallest absolute Gasteiger partial charge is 0.384 e. The number of ether oxygens (including phenoxy) is 1. The molecular weight excluding hydrogens is 531 g/mol. The number of nitrogens with zero attached hydrogens (tertiary/aromatic N) is 3. The number of morpholine rings is 1. The monoisotopic (exact) mass is 567 g/mol. The molecule has 0 spiro atoms. The van der Waals surface area contributed by atoms with Gasteiger partial charge in [0.2, 0.25) is 10.0 Å². The first kappa shape index (κ1) is 28.1. The maximum atomic E-state index is 13.7. The predicted octanol–water partition coefficient (Wildman–Crippen LogP) is 5.03. The van der Waals surface area contributed by atoms with Crippen LogP contribution in [-0.4, -0.2) is 75.1 Å². The van der Waals surface area contributed by atoms with Gasteiger partial charge in [-0.2, -0.15) is 17.5 Å². The summed E-state index contributed by atoms with van der Waals surface area (Å²) < 4.78 is 74.2. The van der Waals surface area contributed by atoms with Gasteiger partial charge in [0.05, 0.1) is 29.4 Å². The maximum absolute atomic E-state index is 13.7. The van der Waals surface area contributed by atoms with Gasteiger partial charge in [-0.1, -0.05) is 6.42 Å². The Kier molecular flexibility index (Phi) is 8.65. The average molecular weight is 568 g/mol. The summed E-state index contributed by atoms with van der Waals surface area (Å²) in [5, 5.41) is 6.14. The summed E-state index contributed by atoms with van der Waals surface area (Å²) in [5.74, 6) is 0.474. The van der Waals surface area contributed by atoms with Gasteiger partial charge in [0.1, 0.15) is 5.82 Å². The van der Waals surface area contributed by atoms with E-state index in [1.165, 1.54) is 29.6 Å². The lowest BCUT2D eigenvalue weighted by molar-refractivity contribution is -0.137. The third-order valence-corrected chi connectivity index (χ3v) is 9.43. The van der Waals surface area contributed by atoms with Crippen molar-refractivity contribution >= 4 is 27.2 Å². The van der Waals surface area contributed by atoms with Crippen LogP contribution in [0.1, 0.15) is 55.6 Å². The topological polar surface area (TPSA) is 86.8 Å². The third kappa shape index (κ3) is 7.03. The van der Waals surface area contributed by atoms with Crippen molar-refractivity contribution in [2.45, 2.75) is 55.5 Å². The molecule has 5 rings (SSSR count). The van der Waals surface area contributed by atoms with Crippen LogP contribution >= 0.6 is 0 Å². The molecule has 2 saturated heterocycles. The molecule has 0 radical (unpaired) electrons. The Morgan fingerprint density at radius 3 is 2.44 bits per heavy atom. The van der Waals surface area contributed by atoms with Crippen molar-refractivity contribution in [1.82, 2.24) is 14.2 Å². The number of piperidine rings is 1. The van der Waals surface area contributed by atoms with Gasteiger partial charge >= 0.3 is 6.18 Å². The van der Waals surface area contributed by atoms with Gasteiger partial charge in [0.25, 0.3) is 0 Å². The number of hydrogen-bond acceptors (Lipinski definition) is 7. The largest absolute Gasteiger partial charge is 0.419 e. The first-order chi connectivity index (χ1) is 18.7. The first-order valence-electron chi connectivity index (χ1n) is 13.7. The van der Waals surface area contributed by atoms with Crippen LogP contribution in [0.4, 0.5) is 30.4 Å². The number of halogens is 3. The van der Waals surface area contributed by atoms with Crippen molar-refractivity contribution in [1.29, 1.82) is 0 Å². The number of aromatic nitrogens is 1. The van der Waals surface area contributed by atoms with Crippen LogP contribution in [0, 0.1) is 0 Å². The van der Waals surface area contributed by atoms with Crippen LogP contribution in [-0.2, 0) is 20.9 Å². The summed E-state index contributed by atoms with van der Waals surface area (Å²) in [6.07, 6.45) is 2.51. The van der Waals surface area contributed by atoms with Crippen LogP contribution < -0.4 is 10.6 Å². The van der Waals surface area contributed by atoms with Crippen LogP contribution in [0.25, 0.3) is 0 Å². The Morgan fingerprint density at radius 2 is 1.74 bits per heavy atom. The normalized spacial score (nSPS) is 19.7. The summed E-state index contributed by atoms with van der Waals surface area (Å²) in [7, 11) is -3.66. The number of sulfonamides is 1. The molecule has 8 nitrogen and oxygen atoms in total. The molecule has 3 heterocycles. The van der Waals surface area contributed by atoms with Crippen LogP contribution in [0.3, 0.4) is 0 Å². The van der Waals surface area contributed by atoms with Crippen molar-refractivity contribution in [3.05, 3.63) is 41.6 Å². The van der Waals surface area contributed by atoms with E-state index in [0.717, 1.165) is 50.7 Å². The molecule has 3 fully saturated rings. The van der Waals surface area contributed by atoms with E-state index in [4.69, 9.17) is 4.74 Å². The molecule has 2 N–H and O–H groups in total. The van der Waals surface area contributed by atoms with E-state index in [1.54, 1.807) is 18.2 Å². The highest BCUT2D eigenvalue weighted by Crippen LogP contribution is 2.45. The predicted molar refractivity (Wildman–Crippen MR) is 144 cm³/mol. The number of pyridine rings is 1. The van der Waals surface area contributed by atoms with Crippen LogP contribution in [0.5, 0.6) is 0 Å². The number of rotatable bonds is 10. The van der Waals surface area contributed by atoms with Crippen molar-refractivity contribution < 1.29 is 26.3 Å². The fraction of sp³-hybridized carbons (Fsp3) is 0.593. The van der Waals surface area contributed by atoms with Crippen molar-refractivity contribution in [3.63, 3.8) is 0 Å². The SMILES string of the molecule is O=S(=O)(c1ccc(Nc2cc(NCCCN3CCCCC3)c(C(F)(F)F)cn2)c(C2CC2)c1)N1CCOCC1. The van der Waals surface area contributed by atoms with Gasteiger partial charge in [-0.25, -0.2) is 13.4 Å². The summed E-state index contributed by atoms with van der Waals surface area (Å²) in [6.45, 7) is 4.72. The molecule has 1 aromatic carbocycles. The van der Waals surface area contributed by atoms with Gasteiger partial charge in [-0.3, -0.25) is 0 Å². The molecule has 12 heteroatoms. The molecule has 0 unspecified atom stereocenters. The first-order valence-corrected chi connectivity index (χ1v) is 15.2. The van der Waals surface area contributed by atoms with E-state index in [2.05, 4.69) is 20.5 Å². The highest BCUT2D eigenvalue weighted by Gasteiger charge is 2.35. The summed E-state index contributed by atoms with van der Waals surface area (Å²) in [4.78, 5) is 6.62. The highest BCUT2D eigenvalue weighted by atomic mass is 32.2. The molecule has 1 aliphatic carbocycles. The summed E-state index contributed by atoms with van der Waals surface area (Å²) >= 11 is 0. The molecule has 1 saturated carbocycles. The summed E-state index contributed by atoms with van der Waals surface area (Å²) in [5.41, 5.74) is 0.669. The van der Waals surface area contributed by atoms with Gasteiger partial charge < -0.3 is 20.3 Å². The standard InChI is InChI=1S/C27H36F3N5O3S/c28-27(29,30)23-19-32-26(18-25(23)31-9-4-12-34-10-2-1-3-11-34)33-24-8-7-21(17-22(24)20-5-6-20)39(36,37)35-13-15-38-16-14-35/h7-8,17-20H,1-6,9-16H2,(H2,31,32,33). The van der Waals surface area contributed by atoms with Crippen molar-refractivity contribution in [2.75, 3.05) is 63.1 Å². The molecule has 0 amide bonds. The molecule has 39 heavy (non-hydrogen) atoms. The highest BCUT2D eigenvalue weighted by molar-refractivity contribution is 7.89. The lowest BCUT2D eigenvalue weighted by Gasteiger charge is -2.26. The molecule has 1 aromatic heterocycles. The Balaban J connectivity index is 1.32. The molecule has 0 atom stereocenters. The van der Waals surface area contributed by atoms with Crippen LogP contribution in [0.2, 0.25) is 0 Å². The second kappa shape index (κ2) is 12.0. The number of nitrogens with one attached hydrogen (secondary N) is 2. The Morgan fingerprint density at radius 1 is 1.00 bits per heavy atom. The van der Waals surface area contributed by atoms with E-state index in [-0.39, 0.29) is 22.3 Å². The maximum Gasteiger partial charge on any atom is 0.419 e. The molecule has 2 aliphatic heterocycles. The number of alkyl halides is 3. The lowest BCUT2D eigenvalue weighted by Crippen LogP contribution is -2.40. The minimum absolute atomic E-state index is 0.0156. The Labute approximate surface area is 228 Å². The third-order valence-electron chi connectivity index (χ3n) is 7.54. The minimum Gasteiger partial charge on any atom is -0.384 e. The van der Waals surface area contributed by atoms with E-state index < -0.39 is 21.8 Å². The van der Waals surface area contributed by atoms with E-state index >= 15 is 0 Å². The zero-order chi connectivity index (χ0) is 27.5. The fourth-order valence-electron chi connectivity index (χ4n) is 5.23. The van der Waals surface area contributed by atoms with E-state index in [0.29, 0.717) is 38.5 Å². The van der Waals surface area contributed by atoms with Crippen molar-refractivity contribution in [2.24, 2.45) is 0 Å². The molecule has 2 aromatic rings. The summed E-state index contributed by atoms with van der Waals surface area (Å²) in [6, 6.07) is 6.31. The van der Waals surface area contributed by atoms with Crippen LogP contribution in [0.15, 0.2) is 35.4 Å². The van der Waals surface area contributed by atoms with Gasteiger partial charge in [-0.15, -0.1) is 0 Å². The second-order valence-electron chi connectivity index (χ2n) is 10.5. The number of benzene rings is 1. The van der Waals surface area contributed by atoms with Crippen molar-refractivity contribution in [3.8, 4) is 0 Å². The molecule has 3 aliphatic rings. The molecular formula is C27H36F3N5O3S. The average Bonchev–Trinajstić information content (AvgIpc) is 3.77. The second-order valence-corrected chi connectivity index (χ2v) is 12.4. The zero-order valence-electron chi connectivity index (χ0n) is 22.0. The number of anilines is 3. The van der Waals surface area contributed by atoms with E-state index in [1.807, 2.05) is 0 Å². The van der Waals surface area contributed by atoms with Gasteiger partial charge in [0, 0.05) is 37.6 Å². The van der Waals surface area contributed by atoms with Gasteiger partial charge in [0.15, 0.2) is 0 Å². The quantitative estimate of drug-likeness (QED) is 0.390. The number of likely N-dealkylation sites (tertiary alicyclic amines) is 1. The zero-order valence-corrected chi connectivity index (χ0v) is 22.8. The number of hydrogen-bond donors (Lipinski definition) is 2. The molecule has 214 valence electrons. The van der Waals surface area contributed by atoms with E-state index in [9.17, 15) is 21.6 Å².